The van der Waals surface area contributed by atoms with Gasteiger partial charge < -0.3 is 20.5 Å². The van der Waals surface area contributed by atoms with Gasteiger partial charge in [-0.25, -0.2) is 0 Å². The Hall–Kier alpha value is -2.86. The normalized spacial score (nSPS) is 18.6. The van der Waals surface area contributed by atoms with Gasteiger partial charge in [-0.15, -0.1) is 0 Å². The Morgan fingerprint density at radius 1 is 1.10 bits per heavy atom. The van der Waals surface area contributed by atoms with Crippen molar-refractivity contribution in [2.24, 2.45) is 11.7 Å². The molecule has 1 heterocycles. The molecule has 0 unspecified atom stereocenters. The molecular formula is C24H30N2O4. The fourth-order valence-corrected chi connectivity index (χ4v) is 4.05. The average molecular weight is 411 g/mol. The molecule has 0 saturated carbocycles. The van der Waals surface area contributed by atoms with Crippen molar-refractivity contribution in [2.75, 3.05) is 19.7 Å². The first-order valence-electron chi connectivity index (χ1n) is 10.5. The number of aryl methyl sites for hydroxylation is 1. The van der Waals surface area contributed by atoms with E-state index in [0.29, 0.717) is 26.1 Å². The number of benzene rings is 2. The van der Waals surface area contributed by atoms with E-state index < -0.39 is 11.9 Å². The minimum absolute atomic E-state index is 0.0732. The highest BCUT2D eigenvalue weighted by Gasteiger charge is 2.40. The number of nitrogens with zero attached hydrogens (tertiary/aromatic N) is 1. The summed E-state index contributed by atoms with van der Waals surface area (Å²) < 4.78 is 5.99. The molecule has 0 bridgehead atoms. The lowest BCUT2D eigenvalue weighted by molar-refractivity contribution is -0.142. The van der Waals surface area contributed by atoms with Crippen LogP contribution in [-0.2, 0) is 22.4 Å². The van der Waals surface area contributed by atoms with Crippen molar-refractivity contribution in [2.45, 2.75) is 38.1 Å². The monoisotopic (exact) mass is 410 g/mol. The molecule has 160 valence electrons. The van der Waals surface area contributed by atoms with Crippen LogP contribution in [0.1, 0.15) is 30.4 Å². The highest BCUT2D eigenvalue weighted by Crippen LogP contribution is 2.28. The van der Waals surface area contributed by atoms with Gasteiger partial charge in [-0.1, -0.05) is 42.5 Å². The summed E-state index contributed by atoms with van der Waals surface area (Å²) in [6, 6.07) is 17.9. The third-order valence-electron chi connectivity index (χ3n) is 5.53. The smallest absolute Gasteiger partial charge is 0.304 e. The summed E-state index contributed by atoms with van der Waals surface area (Å²) in [7, 11) is 0. The Kier molecular flexibility index (Phi) is 7.85. The molecule has 1 amide bonds. The number of carboxylic acids is 1. The van der Waals surface area contributed by atoms with Crippen molar-refractivity contribution in [3.63, 3.8) is 0 Å². The van der Waals surface area contributed by atoms with Crippen LogP contribution in [0.25, 0.3) is 0 Å². The van der Waals surface area contributed by atoms with Crippen LogP contribution in [0.3, 0.4) is 0 Å². The van der Waals surface area contributed by atoms with Crippen molar-refractivity contribution >= 4 is 11.9 Å². The summed E-state index contributed by atoms with van der Waals surface area (Å²) in [6.07, 6.45) is 2.88. The number of hydrogen-bond acceptors (Lipinski definition) is 4. The summed E-state index contributed by atoms with van der Waals surface area (Å²) in [6.45, 7) is 1.54. The zero-order chi connectivity index (χ0) is 21.3. The van der Waals surface area contributed by atoms with Crippen molar-refractivity contribution in [1.82, 2.24) is 4.90 Å². The van der Waals surface area contributed by atoms with E-state index in [9.17, 15) is 9.59 Å². The van der Waals surface area contributed by atoms with E-state index in [1.54, 1.807) is 0 Å². The second-order valence-electron chi connectivity index (χ2n) is 7.80. The molecule has 2 aromatic rings. The van der Waals surface area contributed by atoms with Gasteiger partial charge in [0.1, 0.15) is 12.4 Å². The van der Waals surface area contributed by atoms with Crippen molar-refractivity contribution in [3.05, 3.63) is 65.7 Å². The number of nitrogens with two attached hydrogens (primary N) is 1. The molecule has 30 heavy (non-hydrogen) atoms. The summed E-state index contributed by atoms with van der Waals surface area (Å²) >= 11 is 0. The second kappa shape index (κ2) is 10.8. The van der Waals surface area contributed by atoms with Crippen LogP contribution in [0.5, 0.6) is 5.75 Å². The number of ether oxygens (including phenoxy) is 1. The molecule has 6 heteroatoms. The predicted molar refractivity (Wildman–Crippen MR) is 115 cm³/mol. The lowest BCUT2D eigenvalue weighted by Gasteiger charge is -2.25. The number of amides is 1. The van der Waals surface area contributed by atoms with Crippen molar-refractivity contribution < 1.29 is 19.4 Å². The molecule has 0 aromatic heterocycles. The molecule has 0 aliphatic carbocycles. The predicted octanol–water partition coefficient (Wildman–Crippen LogP) is 2.89. The Morgan fingerprint density at radius 2 is 1.87 bits per heavy atom. The van der Waals surface area contributed by atoms with Crippen LogP contribution < -0.4 is 10.5 Å². The van der Waals surface area contributed by atoms with Crippen LogP contribution >= 0.6 is 0 Å². The van der Waals surface area contributed by atoms with Crippen LogP contribution in [0.2, 0.25) is 0 Å². The maximum absolute atomic E-state index is 12.8. The molecule has 1 saturated heterocycles. The van der Waals surface area contributed by atoms with Gasteiger partial charge >= 0.3 is 5.97 Å². The van der Waals surface area contributed by atoms with Crippen LogP contribution in [0.15, 0.2) is 54.6 Å². The Balaban J connectivity index is 1.62. The highest BCUT2D eigenvalue weighted by molar-refractivity contribution is 5.85. The first-order chi connectivity index (χ1) is 14.6. The lowest BCUT2D eigenvalue weighted by atomic mass is 10.0. The number of carbonyl (C=O) groups excluding carboxylic acids is 1. The fraction of sp³-hybridized carbons (Fsp3) is 0.417. The molecule has 3 rings (SSSR count). The average Bonchev–Trinajstić information content (AvgIpc) is 3.02. The van der Waals surface area contributed by atoms with E-state index in [1.165, 1.54) is 5.56 Å². The maximum Gasteiger partial charge on any atom is 0.304 e. The molecule has 6 nitrogen and oxygen atoms in total. The molecule has 1 fully saturated rings. The Morgan fingerprint density at radius 3 is 2.60 bits per heavy atom. The zero-order valence-corrected chi connectivity index (χ0v) is 17.2. The largest absolute Gasteiger partial charge is 0.491 e. The topological polar surface area (TPSA) is 92.9 Å². The SMILES string of the molecule is NCCc1cccc(OC[C@@H]2C[C@@H](CC(=O)O)C(=O)N2CCCc2ccccc2)c1. The van der Waals surface area contributed by atoms with Gasteiger partial charge in [0, 0.05) is 6.54 Å². The maximum atomic E-state index is 12.8. The van der Waals surface area contributed by atoms with Crippen molar-refractivity contribution in [3.8, 4) is 5.75 Å². The minimum Gasteiger partial charge on any atom is -0.491 e. The summed E-state index contributed by atoms with van der Waals surface area (Å²) in [5, 5.41) is 9.17. The molecule has 1 aliphatic heterocycles. The van der Waals surface area contributed by atoms with Gasteiger partial charge in [-0.3, -0.25) is 9.59 Å². The third kappa shape index (κ3) is 6.07. The number of hydrogen-bond donors (Lipinski definition) is 2. The van der Waals surface area contributed by atoms with E-state index in [4.69, 9.17) is 15.6 Å². The summed E-state index contributed by atoms with van der Waals surface area (Å²) in [5.41, 5.74) is 7.97. The first-order valence-corrected chi connectivity index (χ1v) is 10.5. The number of likely N-dealkylation sites (tertiary alicyclic amines) is 1. The minimum atomic E-state index is -0.936. The van der Waals surface area contributed by atoms with Crippen LogP contribution in [0.4, 0.5) is 0 Å². The standard InChI is InChI=1S/C24H30N2O4/c25-12-11-19-8-4-10-22(14-19)30-17-21-15-20(16-23(27)28)24(29)26(21)13-5-9-18-6-2-1-3-7-18/h1-4,6-8,10,14,20-21H,5,9,11-13,15-17,25H2,(H,27,28)/t20-,21-/m0/s1. The molecule has 0 spiro atoms. The van der Waals surface area contributed by atoms with Gasteiger partial charge in [-0.2, -0.15) is 0 Å². The van der Waals surface area contributed by atoms with E-state index in [1.807, 2.05) is 47.4 Å². The zero-order valence-electron chi connectivity index (χ0n) is 17.2. The Bertz CT molecular complexity index is 840. The number of rotatable bonds is 11. The molecule has 2 aromatic carbocycles. The summed E-state index contributed by atoms with van der Waals surface area (Å²) in [4.78, 5) is 25.8. The molecule has 1 aliphatic rings. The second-order valence-corrected chi connectivity index (χ2v) is 7.80. The van der Waals surface area contributed by atoms with Crippen LogP contribution in [-0.4, -0.2) is 47.6 Å². The van der Waals surface area contributed by atoms with E-state index in [2.05, 4.69) is 12.1 Å². The van der Waals surface area contributed by atoms with Gasteiger partial charge in [-0.05, 0) is 55.5 Å². The number of carboxylic acid groups (broad SMARTS) is 1. The van der Waals surface area contributed by atoms with Gasteiger partial charge in [0.2, 0.25) is 5.91 Å². The third-order valence-corrected chi connectivity index (χ3v) is 5.53. The van der Waals surface area contributed by atoms with Gasteiger partial charge in [0.05, 0.1) is 18.4 Å². The molecular weight excluding hydrogens is 380 g/mol. The fourth-order valence-electron chi connectivity index (χ4n) is 4.05. The van der Waals surface area contributed by atoms with E-state index in [-0.39, 0.29) is 18.4 Å². The van der Waals surface area contributed by atoms with Crippen molar-refractivity contribution in [1.29, 1.82) is 0 Å². The Labute approximate surface area is 177 Å². The summed E-state index contributed by atoms with van der Waals surface area (Å²) in [5.74, 6) is -0.736. The highest BCUT2D eigenvalue weighted by atomic mass is 16.5. The van der Waals surface area contributed by atoms with Gasteiger partial charge in [0.25, 0.3) is 0 Å². The number of carbonyl (C=O) groups is 2. The molecule has 2 atom stereocenters. The molecule has 0 radical (unpaired) electrons. The first kappa shape index (κ1) is 21.8. The molecule has 3 N–H and O–H groups in total. The number of aliphatic carboxylic acids is 1. The quantitative estimate of drug-likeness (QED) is 0.594. The van der Waals surface area contributed by atoms with Crippen LogP contribution in [0, 0.1) is 5.92 Å². The van der Waals surface area contributed by atoms with Gasteiger partial charge in [0.15, 0.2) is 0 Å². The van der Waals surface area contributed by atoms with E-state index in [0.717, 1.165) is 30.6 Å². The lowest BCUT2D eigenvalue weighted by Crippen LogP contribution is -2.38. The van der Waals surface area contributed by atoms with E-state index >= 15 is 0 Å².